The summed E-state index contributed by atoms with van der Waals surface area (Å²) in [5.41, 5.74) is 7.75. The Bertz CT molecular complexity index is 932. The number of benzene rings is 2. The Labute approximate surface area is 150 Å². The molecule has 2 heteroatoms. The first-order valence-corrected chi connectivity index (χ1v) is 9.38. The van der Waals surface area contributed by atoms with Crippen molar-refractivity contribution in [1.82, 2.24) is 4.57 Å². The van der Waals surface area contributed by atoms with E-state index >= 15 is 0 Å². The lowest BCUT2D eigenvalue weighted by molar-refractivity contribution is 0.650. The van der Waals surface area contributed by atoms with Crippen LogP contribution >= 0.6 is 0 Å². The van der Waals surface area contributed by atoms with E-state index in [0.717, 1.165) is 25.2 Å². The fourth-order valence-corrected chi connectivity index (χ4v) is 3.79. The van der Waals surface area contributed by atoms with Crippen molar-refractivity contribution in [2.75, 3.05) is 4.90 Å². The van der Waals surface area contributed by atoms with Crippen LogP contribution in [0.4, 0.5) is 5.69 Å². The van der Waals surface area contributed by atoms with Crippen molar-refractivity contribution >= 4 is 22.3 Å². The van der Waals surface area contributed by atoms with Crippen molar-refractivity contribution < 1.29 is 0 Å². The van der Waals surface area contributed by atoms with Crippen LogP contribution < -0.4 is 4.90 Å². The largest absolute Gasteiger partial charge is 0.347 e. The van der Waals surface area contributed by atoms with Crippen molar-refractivity contribution in [1.29, 1.82) is 0 Å². The normalized spacial score (nSPS) is 13.7. The van der Waals surface area contributed by atoms with Crippen molar-refractivity contribution in [3.63, 3.8) is 0 Å². The number of anilines is 1. The van der Waals surface area contributed by atoms with E-state index in [0.29, 0.717) is 0 Å². The van der Waals surface area contributed by atoms with Gasteiger partial charge in [0.25, 0.3) is 0 Å². The van der Waals surface area contributed by atoms with Crippen molar-refractivity contribution in [2.45, 2.75) is 46.2 Å². The van der Waals surface area contributed by atoms with E-state index in [9.17, 15) is 0 Å². The summed E-state index contributed by atoms with van der Waals surface area (Å²) < 4.78 is 2.36. The van der Waals surface area contributed by atoms with Crippen LogP contribution in [-0.2, 0) is 19.5 Å². The smallest absolute Gasteiger partial charge is 0.0488 e. The second-order valence-corrected chi connectivity index (χ2v) is 6.98. The molecular weight excluding hydrogens is 304 g/mol. The number of hydrogen-bond donors (Lipinski definition) is 0. The summed E-state index contributed by atoms with van der Waals surface area (Å²) in [5, 5.41) is 1.31. The summed E-state index contributed by atoms with van der Waals surface area (Å²) >= 11 is 0. The molecule has 0 radical (unpaired) electrons. The highest BCUT2D eigenvalue weighted by Crippen LogP contribution is 2.37. The fraction of sp³-hybridized carbons (Fsp3) is 0.304. The fourth-order valence-electron chi connectivity index (χ4n) is 3.79. The first kappa shape index (κ1) is 16.0. The van der Waals surface area contributed by atoms with Crippen molar-refractivity contribution in [3.8, 4) is 0 Å². The second-order valence-electron chi connectivity index (χ2n) is 6.98. The molecule has 2 heterocycles. The molecule has 0 saturated heterocycles. The number of unbranched alkanes of at least 4 members (excludes halogenated alkanes) is 1. The van der Waals surface area contributed by atoms with Gasteiger partial charge in [-0.15, -0.1) is 0 Å². The van der Waals surface area contributed by atoms with Gasteiger partial charge in [0.2, 0.25) is 0 Å². The summed E-state index contributed by atoms with van der Waals surface area (Å²) in [5.74, 6) is 0. The Balaban J connectivity index is 1.65. The van der Waals surface area contributed by atoms with Crippen LogP contribution in [-0.4, -0.2) is 4.57 Å². The zero-order valence-electron chi connectivity index (χ0n) is 15.3. The maximum Gasteiger partial charge on any atom is 0.0488 e. The number of nitrogens with zero attached hydrogens (tertiary/aromatic N) is 2. The minimum atomic E-state index is 0.917. The van der Waals surface area contributed by atoms with Crippen LogP contribution in [0.2, 0.25) is 0 Å². The predicted octanol–water partition coefficient (Wildman–Crippen LogP) is 5.99. The average molecular weight is 330 g/mol. The highest BCUT2D eigenvalue weighted by Gasteiger charge is 2.23. The van der Waals surface area contributed by atoms with Gasteiger partial charge < -0.3 is 9.47 Å². The molecular formula is C23H26N2. The molecule has 0 atom stereocenters. The van der Waals surface area contributed by atoms with Crippen molar-refractivity contribution in [2.24, 2.45) is 0 Å². The Kier molecular flexibility index (Phi) is 4.12. The molecule has 1 aliphatic heterocycles. The van der Waals surface area contributed by atoms with E-state index in [1.54, 1.807) is 0 Å². The predicted molar refractivity (Wildman–Crippen MR) is 108 cm³/mol. The minimum Gasteiger partial charge on any atom is -0.347 e. The topological polar surface area (TPSA) is 8.17 Å². The third-order valence-corrected chi connectivity index (χ3v) is 5.37. The number of aromatic nitrogens is 1. The van der Waals surface area contributed by atoms with Crippen LogP contribution in [0.25, 0.3) is 16.6 Å². The minimum absolute atomic E-state index is 0.917. The van der Waals surface area contributed by atoms with Gasteiger partial charge in [-0.25, -0.2) is 0 Å². The Morgan fingerprint density at radius 1 is 1.04 bits per heavy atom. The molecule has 0 fully saturated rings. The van der Waals surface area contributed by atoms with Crippen LogP contribution in [0, 0.1) is 0 Å². The maximum absolute atomic E-state index is 4.38. The molecule has 0 N–H and O–H groups in total. The molecule has 4 rings (SSSR count). The van der Waals surface area contributed by atoms with E-state index < -0.39 is 0 Å². The average Bonchev–Trinajstić information content (AvgIpc) is 3.20. The summed E-state index contributed by atoms with van der Waals surface area (Å²) in [7, 11) is 0. The van der Waals surface area contributed by atoms with Gasteiger partial charge in [0, 0.05) is 47.1 Å². The van der Waals surface area contributed by atoms with Gasteiger partial charge >= 0.3 is 0 Å². The molecule has 0 spiro atoms. The van der Waals surface area contributed by atoms with Crippen LogP contribution in [0.15, 0.2) is 55.2 Å². The lowest BCUT2D eigenvalue weighted by Crippen LogP contribution is -2.12. The van der Waals surface area contributed by atoms with Gasteiger partial charge in [-0.2, -0.15) is 0 Å². The second kappa shape index (κ2) is 6.44. The Morgan fingerprint density at radius 2 is 1.92 bits per heavy atom. The van der Waals surface area contributed by atoms with Crippen LogP contribution in [0.1, 0.15) is 43.4 Å². The standard InChI is InChI=1S/C23H26N2/c1-4-6-12-24-13-11-19-15-21(9-10-23(19)24)25-16-20-8-7-18(5-2)14-22(20)17(25)3/h7-11,13-15H,3-6,12,16H2,1-2H3. The van der Waals surface area contributed by atoms with Gasteiger partial charge in [0.1, 0.15) is 0 Å². The van der Waals surface area contributed by atoms with Gasteiger partial charge in [-0.3, -0.25) is 0 Å². The maximum atomic E-state index is 4.38. The molecule has 0 saturated carbocycles. The quantitative estimate of drug-likeness (QED) is 0.557. The van der Waals surface area contributed by atoms with E-state index in [4.69, 9.17) is 0 Å². The van der Waals surface area contributed by atoms with Crippen molar-refractivity contribution in [3.05, 3.63) is 71.9 Å². The zero-order chi connectivity index (χ0) is 17.4. The monoisotopic (exact) mass is 330 g/mol. The van der Waals surface area contributed by atoms with E-state index in [1.165, 1.54) is 46.1 Å². The summed E-state index contributed by atoms with van der Waals surface area (Å²) in [4.78, 5) is 2.34. The molecule has 128 valence electrons. The number of hydrogen-bond acceptors (Lipinski definition) is 1. The van der Waals surface area contributed by atoms with Crippen LogP contribution in [0.5, 0.6) is 0 Å². The molecule has 0 aliphatic carbocycles. The van der Waals surface area contributed by atoms with E-state index in [-0.39, 0.29) is 0 Å². The summed E-state index contributed by atoms with van der Waals surface area (Å²) in [6.07, 6.45) is 5.73. The molecule has 0 unspecified atom stereocenters. The third kappa shape index (κ3) is 2.76. The highest BCUT2D eigenvalue weighted by molar-refractivity contribution is 5.89. The SMILES string of the molecule is C=C1c2cc(CC)ccc2CN1c1ccc2c(ccn2CCCC)c1. The lowest BCUT2D eigenvalue weighted by Gasteiger charge is -2.20. The van der Waals surface area contributed by atoms with Gasteiger partial charge in [0.05, 0.1) is 0 Å². The zero-order valence-corrected chi connectivity index (χ0v) is 15.3. The Hall–Kier alpha value is -2.48. The number of aryl methyl sites for hydroxylation is 2. The molecule has 0 amide bonds. The molecule has 25 heavy (non-hydrogen) atoms. The number of rotatable bonds is 5. The highest BCUT2D eigenvalue weighted by atomic mass is 15.2. The molecule has 1 aromatic heterocycles. The van der Waals surface area contributed by atoms with E-state index in [1.807, 2.05) is 0 Å². The van der Waals surface area contributed by atoms with Crippen LogP contribution in [0.3, 0.4) is 0 Å². The third-order valence-electron chi connectivity index (χ3n) is 5.37. The van der Waals surface area contributed by atoms with Gasteiger partial charge in [0.15, 0.2) is 0 Å². The molecule has 0 bridgehead atoms. The molecule has 2 aromatic carbocycles. The molecule has 2 nitrogen and oxygen atoms in total. The Morgan fingerprint density at radius 3 is 2.72 bits per heavy atom. The first-order valence-electron chi connectivity index (χ1n) is 9.38. The van der Waals surface area contributed by atoms with Gasteiger partial charge in [-0.1, -0.05) is 39.0 Å². The molecule has 1 aliphatic rings. The summed E-state index contributed by atoms with van der Waals surface area (Å²) in [6.45, 7) is 10.8. The first-order chi connectivity index (χ1) is 12.2. The van der Waals surface area contributed by atoms with Gasteiger partial charge in [-0.05, 0) is 54.3 Å². The lowest BCUT2D eigenvalue weighted by atomic mass is 10.0. The summed E-state index contributed by atoms with van der Waals surface area (Å²) in [6, 6.07) is 15.8. The van der Waals surface area contributed by atoms with E-state index in [2.05, 4.69) is 78.6 Å². The molecule has 3 aromatic rings. The number of fused-ring (bicyclic) bond motifs is 2.